The molecule has 0 aliphatic carbocycles. The Balaban J connectivity index is 2.96. The minimum atomic E-state index is -4.46. The van der Waals surface area contributed by atoms with E-state index in [1.54, 1.807) is 24.3 Å². The van der Waals surface area contributed by atoms with E-state index >= 15 is 0 Å². The number of halogens is 5. The third-order valence-electron chi connectivity index (χ3n) is 2.62. The molecule has 0 bridgehead atoms. The topological polar surface area (TPSA) is 20.3 Å². The van der Waals surface area contributed by atoms with Crippen LogP contribution in [0.15, 0.2) is 24.3 Å². The molecule has 0 aliphatic heterocycles. The monoisotopic (exact) mass is 357 g/mol. The van der Waals surface area contributed by atoms with Gasteiger partial charge in [-0.1, -0.05) is 39.7 Å². The Morgan fingerprint density at radius 3 is 2.58 bits per heavy atom. The summed E-state index contributed by atoms with van der Waals surface area (Å²) in [5.41, 5.74) is 0.554. The van der Waals surface area contributed by atoms with E-state index in [0.717, 1.165) is 11.8 Å². The highest BCUT2D eigenvalue weighted by atomic mass is 79.9. The average Bonchev–Trinajstić information content (AvgIpc) is 2.33. The second-order valence-electron chi connectivity index (χ2n) is 4.00. The van der Waals surface area contributed by atoms with Gasteiger partial charge in [0, 0.05) is 11.6 Å². The van der Waals surface area contributed by atoms with Crippen molar-refractivity contribution in [2.75, 3.05) is 5.33 Å². The molecule has 1 unspecified atom stereocenters. The van der Waals surface area contributed by atoms with Crippen molar-refractivity contribution >= 4 is 33.4 Å². The van der Waals surface area contributed by atoms with Crippen molar-refractivity contribution in [1.29, 1.82) is 0 Å². The van der Waals surface area contributed by atoms with E-state index in [4.69, 9.17) is 11.6 Å². The lowest BCUT2D eigenvalue weighted by Crippen LogP contribution is -2.47. The lowest BCUT2D eigenvalue weighted by atomic mass is 10.1. The quantitative estimate of drug-likeness (QED) is 0.745. The molecule has 0 saturated heterocycles. The van der Waals surface area contributed by atoms with Gasteiger partial charge in [0.25, 0.3) is 0 Å². The van der Waals surface area contributed by atoms with E-state index in [0.29, 0.717) is 10.6 Å². The van der Waals surface area contributed by atoms with Crippen molar-refractivity contribution in [1.82, 2.24) is 4.90 Å². The molecule has 2 nitrogen and oxygen atoms in total. The Kier molecular flexibility index (Phi) is 5.67. The van der Waals surface area contributed by atoms with E-state index in [9.17, 15) is 18.0 Å². The Morgan fingerprint density at radius 2 is 2.11 bits per heavy atom. The van der Waals surface area contributed by atoms with Gasteiger partial charge in [-0.25, -0.2) is 0 Å². The van der Waals surface area contributed by atoms with Gasteiger partial charge < -0.3 is 4.90 Å². The van der Waals surface area contributed by atoms with Crippen LogP contribution < -0.4 is 0 Å². The normalized spacial score (nSPS) is 13.2. The maximum absolute atomic E-state index is 12.7. The molecule has 0 heterocycles. The van der Waals surface area contributed by atoms with E-state index in [2.05, 4.69) is 15.9 Å². The fourth-order valence-electron chi connectivity index (χ4n) is 1.53. The molecule has 1 rings (SSSR count). The molecule has 0 radical (unpaired) electrons. The SMILES string of the molecule is CC(N(Cc1cccc(Cl)c1)C(=O)CBr)C(F)(F)F. The van der Waals surface area contributed by atoms with Crippen LogP contribution in [0, 0.1) is 0 Å². The Labute approximate surface area is 122 Å². The molecule has 106 valence electrons. The van der Waals surface area contributed by atoms with Crippen LogP contribution in [-0.2, 0) is 11.3 Å². The maximum Gasteiger partial charge on any atom is 0.408 e. The molecule has 0 aromatic heterocycles. The standard InChI is InChI=1S/C12H12BrClF3NO/c1-8(12(15,16)17)18(11(19)6-13)7-9-3-2-4-10(14)5-9/h2-5,8H,6-7H2,1H3. The molecule has 1 aromatic carbocycles. The van der Waals surface area contributed by atoms with Crippen molar-refractivity contribution in [2.24, 2.45) is 0 Å². The second kappa shape index (κ2) is 6.61. The van der Waals surface area contributed by atoms with Crippen molar-refractivity contribution in [3.05, 3.63) is 34.9 Å². The summed E-state index contributed by atoms with van der Waals surface area (Å²) in [6, 6.07) is 4.57. The zero-order valence-corrected chi connectivity index (χ0v) is 12.4. The first-order valence-corrected chi connectivity index (χ1v) is 6.92. The highest BCUT2D eigenvalue weighted by molar-refractivity contribution is 9.09. The molecule has 1 amide bonds. The highest BCUT2D eigenvalue weighted by Gasteiger charge is 2.41. The summed E-state index contributed by atoms with van der Waals surface area (Å²) in [6.07, 6.45) is -4.46. The second-order valence-corrected chi connectivity index (χ2v) is 5.00. The van der Waals surface area contributed by atoms with E-state index in [1.165, 1.54) is 0 Å². The van der Waals surface area contributed by atoms with Crippen molar-refractivity contribution < 1.29 is 18.0 Å². The van der Waals surface area contributed by atoms with Crippen LogP contribution in [0.25, 0.3) is 0 Å². The fourth-order valence-corrected chi connectivity index (χ4v) is 2.06. The first-order valence-electron chi connectivity index (χ1n) is 5.42. The van der Waals surface area contributed by atoms with Gasteiger partial charge in [0.15, 0.2) is 0 Å². The van der Waals surface area contributed by atoms with E-state index in [1.807, 2.05) is 0 Å². The van der Waals surface area contributed by atoms with E-state index in [-0.39, 0.29) is 11.9 Å². The molecule has 0 spiro atoms. The van der Waals surface area contributed by atoms with Crippen LogP contribution in [-0.4, -0.2) is 28.4 Å². The molecule has 1 aromatic rings. The van der Waals surface area contributed by atoms with Crippen LogP contribution in [0.5, 0.6) is 0 Å². The molecule has 0 saturated carbocycles. The molecule has 1 atom stereocenters. The number of amides is 1. The molecule has 0 fully saturated rings. The zero-order valence-electron chi connectivity index (χ0n) is 10.0. The zero-order chi connectivity index (χ0) is 14.6. The van der Waals surface area contributed by atoms with E-state index < -0.39 is 18.1 Å². The lowest BCUT2D eigenvalue weighted by molar-refractivity contribution is -0.186. The number of hydrogen-bond donors (Lipinski definition) is 0. The Hall–Kier alpha value is -0.750. The summed E-state index contributed by atoms with van der Waals surface area (Å²) in [5.74, 6) is -0.621. The number of rotatable bonds is 4. The van der Waals surface area contributed by atoms with Gasteiger partial charge in [0.05, 0.1) is 5.33 Å². The summed E-state index contributed by atoms with van der Waals surface area (Å²) in [7, 11) is 0. The molecule has 7 heteroatoms. The largest absolute Gasteiger partial charge is 0.408 e. The Bertz CT molecular complexity index is 453. The van der Waals surface area contributed by atoms with Gasteiger partial charge in [-0.05, 0) is 24.6 Å². The van der Waals surface area contributed by atoms with Crippen LogP contribution in [0.2, 0.25) is 5.02 Å². The van der Waals surface area contributed by atoms with Gasteiger partial charge in [0.2, 0.25) is 5.91 Å². The lowest BCUT2D eigenvalue weighted by Gasteiger charge is -2.30. The number of benzene rings is 1. The molecular weight excluding hydrogens is 346 g/mol. The van der Waals surface area contributed by atoms with Crippen molar-refractivity contribution in [2.45, 2.75) is 25.7 Å². The molecule has 0 aliphatic rings. The van der Waals surface area contributed by atoms with Crippen molar-refractivity contribution in [3.8, 4) is 0 Å². The van der Waals surface area contributed by atoms with Crippen LogP contribution in [0.3, 0.4) is 0 Å². The van der Waals surface area contributed by atoms with Crippen LogP contribution in [0.1, 0.15) is 12.5 Å². The summed E-state index contributed by atoms with van der Waals surface area (Å²) in [4.78, 5) is 12.4. The van der Waals surface area contributed by atoms with Crippen LogP contribution in [0.4, 0.5) is 13.2 Å². The summed E-state index contributed by atoms with van der Waals surface area (Å²) in [5, 5.41) is 0.261. The third-order valence-corrected chi connectivity index (χ3v) is 3.33. The number of carbonyl (C=O) groups excluding carboxylic acids is 1. The molecule has 0 N–H and O–H groups in total. The Morgan fingerprint density at radius 1 is 1.47 bits per heavy atom. The fraction of sp³-hybridized carbons (Fsp3) is 0.417. The smallest absolute Gasteiger partial charge is 0.326 e. The predicted octanol–water partition coefficient (Wildman–Crippen LogP) is 4.01. The van der Waals surface area contributed by atoms with Gasteiger partial charge in [-0.3, -0.25) is 4.79 Å². The van der Waals surface area contributed by atoms with Gasteiger partial charge in [0.1, 0.15) is 6.04 Å². The van der Waals surface area contributed by atoms with Gasteiger partial charge in [-0.2, -0.15) is 13.2 Å². The third kappa shape index (κ3) is 4.69. The highest BCUT2D eigenvalue weighted by Crippen LogP contribution is 2.26. The number of carbonyl (C=O) groups is 1. The number of hydrogen-bond acceptors (Lipinski definition) is 1. The minimum absolute atomic E-state index is 0.133. The number of alkyl halides is 4. The van der Waals surface area contributed by atoms with Gasteiger partial charge >= 0.3 is 6.18 Å². The first-order chi connectivity index (χ1) is 8.75. The van der Waals surface area contributed by atoms with Gasteiger partial charge in [-0.15, -0.1) is 0 Å². The summed E-state index contributed by atoms with van der Waals surface area (Å²) < 4.78 is 38.2. The summed E-state index contributed by atoms with van der Waals surface area (Å²) >= 11 is 8.67. The predicted molar refractivity (Wildman–Crippen MR) is 71.3 cm³/mol. The minimum Gasteiger partial charge on any atom is -0.326 e. The molecular formula is C12H12BrClF3NO. The molecule has 19 heavy (non-hydrogen) atoms. The maximum atomic E-state index is 12.7. The van der Waals surface area contributed by atoms with Crippen LogP contribution >= 0.6 is 27.5 Å². The van der Waals surface area contributed by atoms with Crippen molar-refractivity contribution in [3.63, 3.8) is 0 Å². The number of nitrogens with zero attached hydrogens (tertiary/aromatic N) is 1. The summed E-state index contributed by atoms with van der Waals surface area (Å²) in [6.45, 7) is 0.830. The average molecular weight is 359 g/mol. The first kappa shape index (κ1) is 16.3.